The summed E-state index contributed by atoms with van der Waals surface area (Å²) in [5, 5.41) is 1.19. The molecule has 1 aromatic heterocycles. The van der Waals surface area contributed by atoms with E-state index in [2.05, 4.69) is 4.90 Å². The van der Waals surface area contributed by atoms with E-state index >= 15 is 0 Å². The number of benzene rings is 1. The van der Waals surface area contributed by atoms with E-state index in [1.54, 1.807) is 0 Å². The molecule has 27 heavy (non-hydrogen) atoms. The van der Waals surface area contributed by atoms with E-state index in [0.717, 1.165) is 38.1 Å². The second-order valence-electron chi connectivity index (χ2n) is 7.88. The van der Waals surface area contributed by atoms with Crippen molar-refractivity contribution in [3.63, 3.8) is 0 Å². The van der Waals surface area contributed by atoms with E-state index in [1.165, 1.54) is 46.7 Å². The molecule has 2 aliphatic heterocycles. The fourth-order valence-corrected chi connectivity index (χ4v) is 6.02. The maximum absolute atomic E-state index is 13.3. The zero-order valence-corrected chi connectivity index (χ0v) is 16.5. The second-order valence-corrected chi connectivity index (χ2v) is 8.97. The zero-order chi connectivity index (χ0) is 18.2. The molecule has 0 bridgehead atoms. The van der Waals surface area contributed by atoms with Crippen LogP contribution in [0, 0.1) is 0 Å². The van der Waals surface area contributed by atoms with E-state index in [4.69, 9.17) is 4.74 Å². The predicted molar refractivity (Wildman–Crippen MR) is 108 cm³/mol. The third kappa shape index (κ3) is 3.33. The highest BCUT2D eigenvalue weighted by molar-refractivity contribution is 7.16. The molecule has 1 fully saturated rings. The van der Waals surface area contributed by atoms with Gasteiger partial charge in [0.25, 0.3) is 5.91 Å². The Morgan fingerprint density at radius 2 is 1.96 bits per heavy atom. The van der Waals surface area contributed by atoms with Crippen molar-refractivity contribution < 1.29 is 9.53 Å². The first-order chi connectivity index (χ1) is 13.3. The third-order valence-corrected chi connectivity index (χ3v) is 7.34. The predicted octanol–water partition coefficient (Wildman–Crippen LogP) is 4.23. The molecule has 0 radical (unpaired) electrons. The number of hydrogen-bond acceptors (Lipinski definition) is 4. The van der Waals surface area contributed by atoms with E-state index in [1.807, 2.05) is 46.6 Å². The number of hydrogen-bond donors (Lipinski definition) is 0. The fraction of sp³-hybridized carbons (Fsp3) is 0.500. The van der Waals surface area contributed by atoms with Gasteiger partial charge in [-0.15, -0.1) is 11.3 Å². The summed E-state index contributed by atoms with van der Waals surface area (Å²) >= 11 is 1.86. The lowest BCUT2D eigenvalue weighted by Gasteiger charge is -2.37. The molecule has 4 nitrogen and oxygen atoms in total. The fourth-order valence-electron chi connectivity index (χ4n) is 4.63. The minimum atomic E-state index is 0.118. The summed E-state index contributed by atoms with van der Waals surface area (Å²) in [5.74, 6) is 0.118. The van der Waals surface area contributed by atoms with Crippen LogP contribution in [0.5, 0.6) is 0 Å². The summed E-state index contributed by atoms with van der Waals surface area (Å²) in [6.07, 6.45) is 7.50. The molecule has 1 unspecified atom stereocenters. The largest absolute Gasteiger partial charge is 0.377 e. The van der Waals surface area contributed by atoms with E-state index < -0.39 is 0 Å². The van der Waals surface area contributed by atoms with Crippen molar-refractivity contribution in [3.8, 4) is 0 Å². The number of ether oxygens (including phenoxy) is 1. The standard InChI is InChI=1S/C22H26N2O2S/c25-21(16-7-2-1-3-8-16)24-15-23(13-17-9-6-12-26-17)14-19-18-10-4-5-11-20(18)27-22(19)24/h1-3,7-8,17H,4-6,9-15H2. The second kappa shape index (κ2) is 7.38. The highest BCUT2D eigenvalue weighted by atomic mass is 32.1. The van der Waals surface area contributed by atoms with Gasteiger partial charge in [0.15, 0.2) is 0 Å². The number of aryl methyl sites for hydroxylation is 1. The SMILES string of the molecule is O=C(c1ccccc1)N1CN(CC2CCCO2)Cc2c1sc1c2CCCC1. The molecule has 1 aliphatic carbocycles. The van der Waals surface area contributed by atoms with E-state index in [0.29, 0.717) is 12.8 Å². The van der Waals surface area contributed by atoms with Crippen molar-refractivity contribution in [1.29, 1.82) is 0 Å². The van der Waals surface area contributed by atoms with Crippen LogP contribution in [-0.2, 0) is 24.1 Å². The number of carbonyl (C=O) groups is 1. The van der Waals surface area contributed by atoms with Gasteiger partial charge in [0.05, 0.1) is 12.8 Å². The van der Waals surface area contributed by atoms with Gasteiger partial charge in [0, 0.05) is 35.7 Å². The van der Waals surface area contributed by atoms with Crippen LogP contribution in [0.2, 0.25) is 0 Å². The Labute approximate surface area is 164 Å². The first kappa shape index (κ1) is 17.4. The summed E-state index contributed by atoms with van der Waals surface area (Å²) in [7, 11) is 0. The Hall–Kier alpha value is -1.69. The van der Waals surface area contributed by atoms with Crippen LogP contribution in [0.3, 0.4) is 0 Å². The molecule has 142 valence electrons. The molecule has 1 saturated heterocycles. The lowest BCUT2D eigenvalue weighted by molar-refractivity contribution is 0.0663. The molecular formula is C22H26N2O2S. The molecule has 0 N–H and O–H groups in total. The summed E-state index contributed by atoms with van der Waals surface area (Å²) in [4.78, 5) is 19.3. The quantitative estimate of drug-likeness (QED) is 0.797. The minimum Gasteiger partial charge on any atom is -0.377 e. The molecule has 0 spiro atoms. The number of amides is 1. The van der Waals surface area contributed by atoms with E-state index in [-0.39, 0.29) is 5.91 Å². The molecule has 1 amide bonds. The van der Waals surface area contributed by atoms with Gasteiger partial charge >= 0.3 is 0 Å². The normalized spacial score (nSPS) is 22.5. The molecular weight excluding hydrogens is 356 g/mol. The highest BCUT2D eigenvalue weighted by Crippen LogP contribution is 2.43. The molecule has 1 atom stereocenters. The topological polar surface area (TPSA) is 32.8 Å². The van der Waals surface area contributed by atoms with Crippen LogP contribution in [0.1, 0.15) is 52.0 Å². The molecule has 5 rings (SSSR count). The van der Waals surface area contributed by atoms with Crippen molar-refractivity contribution in [2.75, 3.05) is 24.7 Å². The van der Waals surface area contributed by atoms with Crippen LogP contribution in [0.25, 0.3) is 0 Å². The van der Waals surface area contributed by atoms with Crippen LogP contribution in [-0.4, -0.2) is 36.7 Å². The average Bonchev–Trinajstić information content (AvgIpc) is 3.35. The first-order valence-corrected chi connectivity index (χ1v) is 11.0. The zero-order valence-electron chi connectivity index (χ0n) is 15.7. The Bertz CT molecular complexity index is 826. The number of thiophene rings is 1. The van der Waals surface area contributed by atoms with Crippen molar-refractivity contribution in [1.82, 2.24) is 4.90 Å². The van der Waals surface area contributed by atoms with Gasteiger partial charge < -0.3 is 4.74 Å². The minimum absolute atomic E-state index is 0.118. The van der Waals surface area contributed by atoms with Crippen molar-refractivity contribution >= 4 is 22.2 Å². The molecule has 2 aromatic rings. The molecule has 5 heteroatoms. The Morgan fingerprint density at radius 1 is 1.11 bits per heavy atom. The number of nitrogens with zero attached hydrogens (tertiary/aromatic N) is 2. The van der Waals surface area contributed by atoms with Gasteiger partial charge in [-0.05, 0) is 56.2 Å². The summed E-state index contributed by atoms with van der Waals surface area (Å²) in [6.45, 7) is 3.42. The highest BCUT2D eigenvalue weighted by Gasteiger charge is 2.34. The average molecular weight is 383 g/mol. The summed E-state index contributed by atoms with van der Waals surface area (Å²) < 4.78 is 5.88. The summed E-state index contributed by atoms with van der Waals surface area (Å²) in [6, 6.07) is 9.71. The monoisotopic (exact) mass is 382 g/mol. The van der Waals surface area contributed by atoms with Gasteiger partial charge in [0.1, 0.15) is 5.00 Å². The first-order valence-electron chi connectivity index (χ1n) is 10.1. The smallest absolute Gasteiger partial charge is 0.260 e. The lowest BCUT2D eigenvalue weighted by atomic mass is 9.94. The van der Waals surface area contributed by atoms with Crippen LogP contribution in [0.15, 0.2) is 30.3 Å². The van der Waals surface area contributed by atoms with Gasteiger partial charge in [-0.2, -0.15) is 0 Å². The van der Waals surface area contributed by atoms with Crippen molar-refractivity contribution in [2.24, 2.45) is 0 Å². The van der Waals surface area contributed by atoms with Gasteiger partial charge in [0.2, 0.25) is 0 Å². The number of rotatable bonds is 3. The molecule has 3 heterocycles. The van der Waals surface area contributed by atoms with Crippen molar-refractivity contribution in [2.45, 2.75) is 51.2 Å². The molecule has 3 aliphatic rings. The Morgan fingerprint density at radius 3 is 2.78 bits per heavy atom. The molecule has 0 saturated carbocycles. The lowest BCUT2D eigenvalue weighted by Crippen LogP contribution is -2.47. The number of fused-ring (bicyclic) bond motifs is 3. The van der Waals surface area contributed by atoms with Gasteiger partial charge in [-0.3, -0.25) is 14.6 Å². The van der Waals surface area contributed by atoms with Crippen LogP contribution < -0.4 is 4.90 Å². The van der Waals surface area contributed by atoms with Crippen LogP contribution in [0.4, 0.5) is 5.00 Å². The maximum Gasteiger partial charge on any atom is 0.260 e. The third-order valence-electron chi connectivity index (χ3n) is 5.98. The number of carbonyl (C=O) groups excluding carboxylic acids is 1. The summed E-state index contributed by atoms with van der Waals surface area (Å²) in [5.41, 5.74) is 3.71. The number of anilines is 1. The van der Waals surface area contributed by atoms with Crippen LogP contribution >= 0.6 is 11.3 Å². The van der Waals surface area contributed by atoms with Gasteiger partial charge in [-0.25, -0.2) is 0 Å². The van der Waals surface area contributed by atoms with E-state index in [9.17, 15) is 4.79 Å². The molecule has 1 aromatic carbocycles. The Balaban J connectivity index is 1.49. The maximum atomic E-state index is 13.3. The Kier molecular flexibility index (Phi) is 4.76. The van der Waals surface area contributed by atoms with Crippen molar-refractivity contribution in [3.05, 3.63) is 51.9 Å². The van der Waals surface area contributed by atoms with Gasteiger partial charge in [-0.1, -0.05) is 18.2 Å².